The molecule has 1 N–H and O–H groups in total. The van der Waals surface area contributed by atoms with E-state index in [1.165, 1.54) is 0 Å². The van der Waals surface area contributed by atoms with Gasteiger partial charge in [-0.05, 0) is 59.5 Å². The van der Waals surface area contributed by atoms with E-state index in [1.807, 2.05) is 20.8 Å². The van der Waals surface area contributed by atoms with Gasteiger partial charge in [0.25, 0.3) is 0 Å². The number of hydrogen-bond acceptors (Lipinski definition) is 4. The first kappa shape index (κ1) is 15.3. The highest BCUT2D eigenvalue weighted by atomic mass is 16.6. The number of alkyl carbamates (subject to hydrolysis) is 1. The molecule has 0 saturated carbocycles. The summed E-state index contributed by atoms with van der Waals surface area (Å²) in [6, 6.07) is 0.164. The Morgan fingerprint density at radius 2 is 1.90 bits per heavy atom. The first-order chi connectivity index (χ1) is 9.40. The van der Waals surface area contributed by atoms with Crippen LogP contribution in [0.1, 0.15) is 46.5 Å². The van der Waals surface area contributed by atoms with Crippen molar-refractivity contribution in [3.63, 3.8) is 0 Å². The second-order valence-corrected chi connectivity index (χ2v) is 6.86. The van der Waals surface area contributed by atoms with Gasteiger partial charge in [-0.2, -0.15) is 0 Å². The Kier molecular flexibility index (Phi) is 4.68. The van der Waals surface area contributed by atoms with E-state index in [9.17, 15) is 9.59 Å². The topological polar surface area (TPSA) is 58.6 Å². The average molecular weight is 282 g/mol. The van der Waals surface area contributed by atoms with Crippen LogP contribution in [0, 0.1) is 5.92 Å². The predicted molar refractivity (Wildman–Crippen MR) is 76.5 cm³/mol. The van der Waals surface area contributed by atoms with Crippen molar-refractivity contribution in [2.45, 2.75) is 64.1 Å². The summed E-state index contributed by atoms with van der Waals surface area (Å²) < 4.78 is 5.33. The highest BCUT2D eigenvalue weighted by molar-refractivity contribution is 5.68. The number of aldehydes is 1. The Morgan fingerprint density at radius 3 is 2.50 bits per heavy atom. The van der Waals surface area contributed by atoms with Crippen molar-refractivity contribution in [1.82, 2.24) is 10.2 Å². The molecule has 0 bridgehead atoms. The second-order valence-electron chi connectivity index (χ2n) is 6.86. The largest absolute Gasteiger partial charge is 0.444 e. The summed E-state index contributed by atoms with van der Waals surface area (Å²) >= 11 is 0. The van der Waals surface area contributed by atoms with Gasteiger partial charge in [0.1, 0.15) is 11.9 Å². The summed E-state index contributed by atoms with van der Waals surface area (Å²) in [7, 11) is 0. The van der Waals surface area contributed by atoms with E-state index in [0.717, 1.165) is 45.1 Å². The van der Waals surface area contributed by atoms with E-state index in [1.54, 1.807) is 0 Å². The number of hydrogen-bond donors (Lipinski definition) is 1. The lowest BCUT2D eigenvalue weighted by Gasteiger charge is -2.47. The molecule has 20 heavy (non-hydrogen) atoms. The third kappa shape index (κ3) is 3.72. The monoisotopic (exact) mass is 282 g/mol. The van der Waals surface area contributed by atoms with Crippen LogP contribution in [0.5, 0.6) is 0 Å². The van der Waals surface area contributed by atoms with Crippen LogP contribution in [0.4, 0.5) is 4.79 Å². The van der Waals surface area contributed by atoms with Gasteiger partial charge in [-0.3, -0.25) is 4.90 Å². The second kappa shape index (κ2) is 6.12. The molecule has 2 saturated heterocycles. The molecule has 0 radical (unpaired) electrons. The summed E-state index contributed by atoms with van der Waals surface area (Å²) in [5.74, 6) is 0.0315. The molecule has 0 unspecified atom stereocenters. The first-order valence-corrected chi connectivity index (χ1v) is 7.59. The number of carbonyl (C=O) groups excluding carboxylic acids is 2. The van der Waals surface area contributed by atoms with Gasteiger partial charge in [0, 0.05) is 18.0 Å². The van der Waals surface area contributed by atoms with Gasteiger partial charge >= 0.3 is 6.09 Å². The Morgan fingerprint density at radius 1 is 1.25 bits per heavy atom. The molecule has 0 aliphatic carbocycles. The van der Waals surface area contributed by atoms with Gasteiger partial charge < -0.3 is 14.8 Å². The molecule has 5 heteroatoms. The van der Waals surface area contributed by atoms with E-state index < -0.39 is 5.60 Å². The molecular weight excluding hydrogens is 256 g/mol. The van der Waals surface area contributed by atoms with Crippen molar-refractivity contribution in [3.8, 4) is 0 Å². The Labute approximate surface area is 121 Å². The number of nitrogens with zero attached hydrogens (tertiary/aromatic N) is 1. The number of amides is 1. The van der Waals surface area contributed by atoms with Crippen molar-refractivity contribution >= 4 is 12.4 Å². The maximum Gasteiger partial charge on any atom is 0.407 e. The van der Waals surface area contributed by atoms with Crippen LogP contribution >= 0.6 is 0 Å². The lowest BCUT2D eigenvalue weighted by Crippen LogP contribution is -2.60. The minimum Gasteiger partial charge on any atom is -0.444 e. The molecular formula is C15H26N2O3. The molecule has 114 valence electrons. The van der Waals surface area contributed by atoms with Crippen molar-refractivity contribution in [2.24, 2.45) is 5.92 Å². The standard InChI is InChI=1S/C15H26N2O3/c1-15(2,3)20-14(19)16-12-7-5-9-17-8-4-6-11(10-18)13(12)17/h10-13H,4-9H2,1-3H3,(H,16,19)/t11-,12-,13+/m0/s1. The Balaban J connectivity index is 2.01. The molecule has 2 fully saturated rings. The van der Waals surface area contributed by atoms with Gasteiger partial charge in [-0.25, -0.2) is 4.79 Å². The van der Waals surface area contributed by atoms with Crippen LogP contribution in [-0.2, 0) is 9.53 Å². The number of ether oxygens (including phenoxy) is 1. The third-order valence-electron chi connectivity index (χ3n) is 4.09. The van der Waals surface area contributed by atoms with Crippen LogP contribution < -0.4 is 5.32 Å². The summed E-state index contributed by atoms with van der Waals surface area (Å²) in [4.78, 5) is 25.6. The normalized spacial score (nSPS) is 31.2. The van der Waals surface area contributed by atoms with Gasteiger partial charge in [-0.1, -0.05) is 0 Å². The van der Waals surface area contributed by atoms with E-state index in [2.05, 4.69) is 10.2 Å². The van der Waals surface area contributed by atoms with E-state index in [4.69, 9.17) is 4.74 Å². The lowest BCUT2D eigenvalue weighted by atomic mass is 9.81. The fourth-order valence-electron chi connectivity index (χ4n) is 3.38. The summed E-state index contributed by atoms with van der Waals surface area (Å²) in [6.45, 7) is 7.63. The minimum absolute atomic E-state index is 0.0223. The molecule has 0 aromatic heterocycles. The van der Waals surface area contributed by atoms with Crippen molar-refractivity contribution < 1.29 is 14.3 Å². The average Bonchev–Trinajstić information content (AvgIpc) is 2.36. The number of fused-ring (bicyclic) bond motifs is 1. The number of piperidine rings is 2. The van der Waals surface area contributed by atoms with Crippen molar-refractivity contribution in [3.05, 3.63) is 0 Å². The van der Waals surface area contributed by atoms with Crippen molar-refractivity contribution in [2.75, 3.05) is 13.1 Å². The predicted octanol–water partition coefficient (Wildman–Crippen LogP) is 1.95. The van der Waals surface area contributed by atoms with E-state index in [0.29, 0.717) is 0 Å². The first-order valence-electron chi connectivity index (χ1n) is 7.59. The molecule has 2 heterocycles. The van der Waals surface area contributed by atoms with Crippen molar-refractivity contribution in [1.29, 1.82) is 0 Å². The third-order valence-corrected chi connectivity index (χ3v) is 4.09. The van der Waals surface area contributed by atoms with E-state index in [-0.39, 0.29) is 24.1 Å². The van der Waals surface area contributed by atoms with Gasteiger partial charge in [0.2, 0.25) is 0 Å². The fraction of sp³-hybridized carbons (Fsp3) is 0.867. The summed E-state index contributed by atoms with van der Waals surface area (Å²) in [6.07, 6.45) is 4.66. The zero-order valence-electron chi connectivity index (χ0n) is 12.7. The molecule has 2 aliphatic heterocycles. The van der Waals surface area contributed by atoms with Crippen LogP contribution in [0.25, 0.3) is 0 Å². The summed E-state index contributed by atoms with van der Waals surface area (Å²) in [5, 5.41) is 2.98. The van der Waals surface area contributed by atoms with Crippen LogP contribution in [0.15, 0.2) is 0 Å². The molecule has 0 aromatic carbocycles. The summed E-state index contributed by atoms with van der Waals surface area (Å²) in [5.41, 5.74) is -0.491. The minimum atomic E-state index is -0.491. The van der Waals surface area contributed by atoms with Gasteiger partial charge in [0.05, 0.1) is 0 Å². The lowest BCUT2D eigenvalue weighted by molar-refractivity contribution is -0.116. The molecule has 0 spiro atoms. The Hall–Kier alpha value is -1.10. The maximum atomic E-state index is 12.0. The zero-order valence-corrected chi connectivity index (χ0v) is 12.7. The Bertz CT molecular complexity index is 363. The number of rotatable bonds is 2. The quantitative estimate of drug-likeness (QED) is 0.787. The molecule has 3 atom stereocenters. The number of carbonyl (C=O) groups is 2. The molecule has 2 aliphatic rings. The van der Waals surface area contributed by atoms with Crippen LogP contribution in [-0.4, -0.2) is 48.1 Å². The van der Waals surface area contributed by atoms with Crippen LogP contribution in [0.2, 0.25) is 0 Å². The van der Waals surface area contributed by atoms with Crippen LogP contribution in [0.3, 0.4) is 0 Å². The SMILES string of the molecule is CC(C)(C)OC(=O)N[C@H]1CCCN2CCC[C@@H](C=O)[C@H]12. The highest BCUT2D eigenvalue weighted by Crippen LogP contribution is 2.30. The zero-order chi connectivity index (χ0) is 14.8. The molecule has 5 nitrogen and oxygen atoms in total. The highest BCUT2D eigenvalue weighted by Gasteiger charge is 2.40. The van der Waals surface area contributed by atoms with Gasteiger partial charge in [-0.15, -0.1) is 0 Å². The maximum absolute atomic E-state index is 12.0. The number of nitrogens with one attached hydrogen (secondary N) is 1. The van der Waals surface area contributed by atoms with E-state index >= 15 is 0 Å². The molecule has 0 aromatic rings. The van der Waals surface area contributed by atoms with Gasteiger partial charge in [0.15, 0.2) is 0 Å². The fourth-order valence-corrected chi connectivity index (χ4v) is 3.38. The molecule has 2 rings (SSSR count). The molecule has 1 amide bonds. The smallest absolute Gasteiger partial charge is 0.407 e.